The quantitative estimate of drug-likeness (QED) is 0.769. The molecule has 0 bridgehead atoms. The lowest BCUT2D eigenvalue weighted by Crippen LogP contribution is -2.41. The van der Waals surface area contributed by atoms with E-state index in [0.29, 0.717) is 42.0 Å². The van der Waals surface area contributed by atoms with Gasteiger partial charge in [0.25, 0.3) is 5.91 Å². The zero-order valence-corrected chi connectivity index (χ0v) is 16.9. The molecule has 156 valence electrons. The van der Waals surface area contributed by atoms with E-state index in [1.807, 2.05) is 30.9 Å². The van der Waals surface area contributed by atoms with Gasteiger partial charge in [0.15, 0.2) is 0 Å². The van der Waals surface area contributed by atoms with Crippen LogP contribution < -0.4 is 10.5 Å². The summed E-state index contributed by atoms with van der Waals surface area (Å²) in [4.78, 5) is 19.2. The summed E-state index contributed by atoms with van der Waals surface area (Å²) in [6.07, 6.45) is 2.58. The Hall–Kier alpha value is -2.51. The average Bonchev–Trinajstić information content (AvgIpc) is 2.73. The molecule has 1 fully saturated rings. The van der Waals surface area contributed by atoms with Crippen LogP contribution in [0.3, 0.4) is 0 Å². The fraction of sp³-hybridized carbons (Fsp3) is 0.455. The molecule has 1 aromatic heterocycles. The molecule has 0 atom stereocenters. The number of carbonyl (C=O) groups excluding carboxylic acids is 1. The molecule has 1 aromatic carbocycles. The van der Waals surface area contributed by atoms with Crippen LogP contribution in [0, 0.1) is 0 Å². The minimum absolute atomic E-state index is 0.0594. The Labute approximate surface area is 170 Å². The third-order valence-electron chi connectivity index (χ3n) is 4.91. The molecular formula is C22H28FN3O3. The van der Waals surface area contributed by atoms with E-state index in [1.54, 1.807) is 18.2 Å². The molecule has 1 saturated heterocycles. The first-order valence-corrected chi connectivity index (χ1v) is 9.96. The topological polar surface area (TPSA) is 77.7 Å². The van der Waals surface area contributed by atoms with Crippen molar-refractivity contribution in [2.75, 3.05) is 26.2 Å². The van der Waals surface area contributed by atoms with E-state index in [1.165, 1.54) is 0 Å². The summed E-state index contributed by atoms with van der Waals surface area (Å²) in [5.74, 6) is 0.536. The summed E-state index contributed by atoms with van der Waals surface area (Å²) in [6.45, 7) is 5.61. The number of halogens is 1. The standard InChI is InChI=1S/C22H28FN3O3/c1-15(2)29-18-7-9-26(10-8-18)22(27)21-5-3-17-11-19(4-6-20(17)25-21)28-14-16(12-23)13-24/h3-6,11-12,15,18H,7-10,13-14,24H2,1-2H3/b16-12+. The number of fused-ring (bicyclic) bond motifs is 1. The number of nitrogens with zero attached hydrogens (tertiary/aromatic N) is 2. The third-order valence-corrected chi connectivity index (χ3v) is 4.91. The van der Waals surface area contributed by atoms with Crippen molar-refractivity contribution in [2.24, 2.45) is 5.73 Å². The van der Waals surface area contributed by atoms with Gasteiger partial charge in [-0.15, -0.1) is 0 Å². The lowest BCUT2D eigenvalue weighted by molar-refractivity contribution is -0.0237. The van der Waals surface area contributed by atoms with Crippen molar-refractivity contribution in [3.8, 4) is 5.75 Å². The van der Waals surface area contributed by atoms with Crippen molar-refractivity contribution in [1.29, 1.82) is 0 Å². The van der Waals surface area contributed by atoms with Gasteiger partial charge >= 0.3 is 0 Å². The van der Waals surface area contributed by atoms with Gasteiger partial charge < -0.3 is 20.1 Å². The molecule has 1 amide bonds. The molecule has 1 aliphatic heterocycles. The van der Waals surface area contributed by atoms with Crippen molar-refractivity contribution in [3.05, 3.63) is 47.9 Å². The number of ether oxygens (including phenoxy) is 2. The second-order valence-corrected chi connectivity index (χ2v) is 7.49. The Kier molecular flexibility index (Phi) is 7.17. The van der Waals surface area contributed by atoms with Crippen LogP contribution in [-0.2, 0) is 4.74 Å². The second kappa shape index (κ2) is 9.80. The highest BCUT2D eigenvalue weighted by molar-refractivity contribution is 5.95. The molecule has 2 N–H and O–H groups in total. The Morgan fingerprint density at radius 2 is 2.07 bits per heavy atom. The number of hydrogen-bond acceptors (Lipinski definition) is 5. The number of rotatable bonds is 7. The van der Waals surface area contributed by atoms with Gasteiger partial charge in [-0.25, -0.2) is 9.37 Å². The molecule has 0 unspecified atom stereocenters. The van der Waals surface area contributed by atoms with Crippen molar-refractivity contribution in [3.63, 3.8) is 0 Å². The molecule has 0 saturated carbocycles. The maximum absolute atomic E-state index is 12.8. The molecule has 29 heavy (non-hydrogen) atoms. The highest BCUT2D eigenvalue weighted by atomic mass is 19.1. The molecule has 0 spiro atoms. The smallest absolute Gasteiger partial charge is 0.272 e. The molecule has 2 heterocycles. The molecule has 3 rings (SSSR count). The predicted molar refractivity (Wildman–Crippen MR) is 111 cm³/mol. The Balaban J connectivity index is 1.65. The monoisotopic (exact) mass is 401 g/mol. The number of carbonyl (C=O) groups is 1. The van der Waals surface area contributed by atoms with E-state index in [2.05, 4.69) is 4.98 Å². The van der Waals surface area contributed by atoms with Crippen molar-refractivity contribution in [1.82, 2.24) is 9.88 Å². The van der Waals surface area contributed by atoms with E-state index in [9.17, 15) is 9.18 Å². The van der Waals surface area contributed by atoms with Crippen LogP contribution in [0.25, 0.3) is 10.9 Å². The van der Waals surface area contributed by atoms with Gasteiger partial charge in [-0.1, -0.05) is 6.07 Å². The summed E-state index contributed by atoms with van der Waals surface area (Å²) in [5, 5.41) is 0.849. The number of nitrogens with two attached hydrogens (primary N) is 1. The Morgan fingerprint density at radius 1 is 1.31 bits per heavy atom. The maximum Gasteiger partial charge on any atom is 0.272 e. The first-order valence-electron chi connectivity index (χ1n) is 9.96. The second-order valence-electron chi connectivity index (χ2n) is 7.49. The molecular weight excluding hydrogens is 373 g/mol. The zero-order chi connectivity index (χ0) is 20.8. The predicted octanol–water partition coefficient (Wildman–Crippen LogP) is 3.46. The molecule has 0 aliphatic carbocycles. The number of hydrogen-bond donors (Lipinski definition) is 1. The van der Waals surface area contributed by atoms with Crippen molar-refractivity contribution < 1.29 is 18.7 Å². The summed E-state index contributed by atoms with van der Waals surface area (Å²) in [6, 6.07) is 8.96. The summed E-state index contributed by atoms with van der Waals surface area (Å²) in [7, 11) is 0. The molecule has 0 radical (unpaired) electrons. The minimum Gasteiger partial charge on any atom is -0.489 e. The van der Waals surface area contributed by atoms with Gasteiger partial charge in [0.1, 0.15) is 18.1 Å². The molecule has 1 aliphatic rings. The van der Waals surface area contributed by atoms with Crippen LogP contribution in [-0.4, -0.2) is 54.2 Å². The fourth-order valence-corrected chi connectivity index (χ4v) is 3.37. The van der Waals surface area contributed by atoms with Crippen molar-refractivity contribution in [2.45, 2.75) is 38.9 Å². The lowest BCUT2D eigenvalue weighted by Gasteiger charge is -2.32. The van der Waals surface area contributed by atoms with Crippen LogP contribution in [0.5, 0.6) is 5.75 Å². The van der Waals surface area contributed by atoms with E-state index < -0.39 is 0 Å². The van der Waals surface area contributed by atoms with Crippen LogP contribution in [0.2, 0.25) is 0 Å². The summed E-state index contributed by atoms with van der Waals surface area (Å²) < 4.78 is 24.0. The van der Waals surface area contributed by atoms with E-state index in [0.717, 1.165) is 18.2 Å². The largest absolute Gasteiger partial charge is 0.489 e. The molecule has 2 aromatic rings. The Bertz CT molecular complexity index is 877. The average molecular weight is 401 g/mol. The van der Waals surface area contributed by atoms with Crippen LogP contribution in [0.1, 0.15) is 37.2 Å². The fourth-order valence-electron chi connectivity index (χ4n) is 3.37. The normalized spacial score (nSPS) is 15.9. The lowest BCUT2D eigenvalue weighted by atomic mass is 10.1. The zero-order valence-electron chi connectivity index (χ0n) is 16.9. The van der Waals surface area contributed by atoms with Gasteiger partial charge in [0.05, 0.1) is 24.1 Å². The van der Waals surface area contributed by atoms with E-state index in [-0.39, 0.29) is 31.3 Å². The van der Waals surface area contributed by atoms with Crippen LogP contribution in [0.15, 0.2) is 42.2 Å². The SMILES string of the molecule is CC(C)OC1CCN(C(=O)c2ccc3cc(OC/C(=C/F)CN)ccc3n2)CC1. The number of pyridine rings is 1. The number of aromatic nitrogens is 1. The molecule has 7 heteroatoms. The highest BCUT2D eigenvalue weighted by Crippen LogP contribution is 2.22. The number of likely N-dealkylation sites (tertiary alicyclic amines) is 1. The first kappa shape index (κ1) is 21.2. The maximum atomic E-state index is 12.8. The summed E-state index contributed by atoms with van der Waals surface area (Å²) >= 11 is 0. The number of piperidine rings is 1. The first-order chi connectivity index (χ1) is 14.0. The van der Waals surface area contributed by atoms with Gasteiger partial charge in [-0.3, -0.25) is 4.79 Å². The van der Waals surface area contributed by atoms with Crippen LogP contribution >= 0.6 is 0 Å². The van der Waals surface area contributed by atoms with E-state index >= 15 is 0 Å². The van der Waals surface area contributed by atoms with Crippen molar-refractivity contribution >= 4 is 16.8 Å². The van der Waals surface area contributed by atoms with Gasteiger partial charge in [-0.05, 0) is 51.0 Å². The highest BCUT2D eigenvalue weighted by Gasteiger charge is 2.25. The summed E-state index contributed by atoms with van der Waals surface area (Å²) in [5.41, 5.74) is 6.95. The van der Waals surface area contributed by atoms with Gasteiger partial charge in [0.2, 0.25) is 0 Å². The van der Waals surface area contributed by atoms with Gasteiger partial charge in [0, 0.05) is 30.6 Å². The number of amides is 1. The van der Waals surface area contributed by atoms with Gasteiger partial charge in [-0.2, -0.15) is 0 Å². The molecule has 6 nitrogen and oxygen atoms in total. The third kappa shape index (κ3) is 5.52. The minimum atomic E-state index is -0.0594. The Morgan fingerprint density at radius 3 is 2.72 bits per heavy atom. The van der Waals surface area contributed by atoms with E-state index in [4.69, 9.17) is 15.2 Å². The van der Waals surface area contributed by atoms with Crippen LogP contribution in [0.4, 0.5) is 4.39 Å². The number of benzene rings is 1.